The minimum atomic E-state index is -0.583. The number of hydrogen-bond acceptors (Lipinski definition) is 1. The van der Waals surface area contributed by atoms with Gasteiger partial charge in [-0.25, -0.2) is 4.39 Å². The number of likely N-dealkylation sites (tertiary alicyclic amines) is 1. The summed E-state index contributed by atoms with van der Waals surface area (Å²) in [4.78, 5) is 2.37. The minimum absolute atomic E-state index is 0.583. The molecule has 0 bridgehead atoms. The molecule has 0 radical (unpaired) electrons. The highest BCUT2D eigenvalue weighted by molar-refractivity contribution is 5.28. The zero-order valence-corrected chi connectivity index (χ0v) is 10.2. The van der Waals surface area contributed by atoms with E-state index in [-0.39, 0.29) is 0 Å². The normalized spacial score (nSPS) is 26.8. The summed E-state index contributed by atoms with van der Waals surface area (Å²) in [7, 11) is 0. The molecule has 2 aliphatic rings. The Morgan fingerprint density at radius 3 is 2.18 bits per heavy atom. The van der Waals surface area contributed by atoms with E-state index < -0.39 is 6.17 Å². The van der Waals surface area contributed by atoms with E-state index in [9.17, 15) is 4.39 Å². The quantitative estimate of drug-likeness (QED) is 0.674. The van der Waals surface area contributed by atoms with Crippen molar-refractivity contribution in [3.05, 3.63) is 35.4 Å². The summed E-state index contributed by atoms with van der Waals surface area (Å²) in [6.07, 6.45) is 4.88. The van der Waals surface area contributed by atoms with Gasteiger partial charge in [-0.05, 0) is 43.2 Å². The summed E-state index contributed by atoms with van der Waals surface area (Å²) in [5.41, 5.74) is 3.01. The van der Waals surface area contributed by atoms with Crippen molar-refractivity contribution < 1.29 is 4.39 Å². The van der Waals surface area contributed by atoms with E-state index in [4.69, 9.17) is 0 Å². The summed E-state index contributed by atoms with van der Waals surface area (Å²) < 4.78 is 13.3. The summed E-state index contributed by atoms with van der Waals surface area (Å²) in [6, 6.07) is 9.36. The minimum Gasteiger partial charge on any atom is -0.297 e. The lowest BCUT2D eigenvalue weighted by molar-refractivity contribution is 0.204. The van der Waals surface area contributed by atoms with Gasteiger partial charge in [-0.15, -0.1) is 0 Å². The number of alkyl halides is 1. The standard InChI is InChI=1S/C15H20FN/c16-14-9-10-17(11-14)15-7-5-12-3-1-2-4-13(12)6-8-15/h1-4,14-15H,5-11H2/t14-/m1/s1. The van der Waals surface area contributed by atoms with Crippen LogP contribution >= 0.6 is 0 Å². The fourth-order valence-corrected chi connectivity index (χ4v) is 3.27. The second kappa shape index (κ2) is 4.77. The molecule has 0 unspecified atom stereocenters. The van der Waals surface area contributed by atoms with Crippen LogP contribution in [0, 0.1) is 0 Å². The van der Waals surface area contributed by atoms with Crippen LogP contribution in [0.15, 0.2) is 24.3 Å². The highest BCUT2D eigenvalue weighted by Gasteiger charge is 2.28. The monoisotopic (exact) mass is 233 g/mol. The van der Waals surface area contributed by atoms with Crippen LogP contribution in [-0.4, -0.2) is 30.2 Å². The summed E-state index contributed by atoms with van der Waals surface area (Å²) >= 11 is 0. The third kappa shape index (κ3) is 2.37. The Morgan fingerprint density at radius 2 is 1.65 bits per heavy atom. The topological polar surface area (TPSA) is 3.24 Å². The number of rotatable bonds is 1. The molecule has 1 aliphatic carbocycles. The number of benzene rings is 1. The fraction of sp³-hybridized carbons (Fsp3) is 0.600. The van der Waals surface area contributed by atoms with Gasteiger partial charge in [0.05, 0.1) is 0 Å². The molecule has 0 spiro atoms. The van der Waals surface area contributed by atoms with Crippen molar-refractivity contribution in [2.24, 2.45) is 0 Å². The fourth-order valence-electron chi connectivity index (χ4n) is 3.27. The molecule has 1 aromatic carbocycles. The van der Waals surface area contributed by atoms with E-state index in [1.165, 1.54) is 24.0 Å². The Kier molecular flexibility index (Phi) is 3.15. The van der Waals surface area contributed by atoms with Crippen molar-refractivity contribution in [3.8, 4) is 0 Å². The second-order valence-corrected chi connectivity index (χ2v) is 5.38. The lowest BCUT2D eigenvalue weighted by Crippen LogP contribution is -2.33. The zero-order chi connectivity index (χ0) is 11.7. The van der Waals surface area contributed by atoms with Crippen LogP contribution in [0.3, 0.4) is 0 Å². The molecular formula is C15H20FN. The van der Waals surface area contributed by atoms with Crippen molar-refractivity contribution >= 4 is 0 Å². The third-order valence-corrected chi connectivity index (χ3v) is 4.29. The van der Waals surface area contributed by atoms with Crippen molar-refractivity contribution in [2.45, 2.75) is 44.3 Å². The second-order valence-electron chi connectivity index (χ2n) is 5.38. The van der Waals surface area contributed by atoms with Crippen molar-refractivity contribution in [1.82, 2.24) is 4.90 Å². The molecule has 0 saturated carbocycles. The van der Waals surface area contributed by atoms with Gasteiger partial charge in [0.15, 0.2) is 0 Å². The van der Waals surface area contributed by atoms with Gasteiger partial charge in [-0.2, -0.15) is 0 Å². The number of nitrogens with zero attached hydrogens (tertiary/aromatic N) is 1. The summed E-state index contributed by atoms with van der Waals surface area (Å²) in [6.45, 7) is 1.63. The molecule has 1 aromatic rings. The van der Waals surface area contributed by atoms with Gasteiger partial charge < -0.3 is 0 Å². The van der Waals surface area contributed by atoms with E-state index in [0.29, 0.717) is 12.6 Å². The van der Waals surface area contributed by atoms with Crippen molar-refractivity contribution in [3.63, 3.8) is 0 Å². The van der Waals surface area contributed by atoms with Gasteiger partial charge in [0.1, 0.15) is 6.17 Å². The maximum atomic E-state index is 13.3. The van der Waals surface area contributed by atoms with Gasteiger partial charge in [0.25, 0.3) is 0 Å². The van der Waals surface area contributed by atoms with Crippen LogP contribution in [-0.2, 0) is 12.8 Å². The molecule has 1 aliphatic heterocycles. The lowest BCUT2D eigenvalue weighted by Gasteiger charge is -2.25. The zero-order valence-electron chi connectivity index (χ0n) is 10.2. The molecule has 1 nitrogen and oxygen atoms in total. The van der Waals surface area contributed by atoms with Gasteiger partial charge in [0.2, 0.25) is 0 Å². The van der Waals surface area contributed by atoms with Crippen LogP contribution in [0.5, 0.6) is 0 Å². The third-order valence-electron chi connectivity index (χ3n) is 4.29. The molecule has 17 heavy (non-hydrogen) atoms. The predicted octanol–water partition coefficient (Wildman–Crippen LogP) is 2.98. The first kappa shape index (κ1) is 11.2. The number of halogens is 1. The number of aryl methyl sites for hydroxylation is 2. The van der Waals surface area contributed by atoms with Crippen LogP contribution in [0.2, 0.25) is 0 Å². The summed E-state index contributed by atoms with van der Waals surface area (Å²) in [5, 5.41) is 0. The maximum Gasteiger partial charge on any atom is 0.114 e. The van der Waals surface area contributed by atoms with Crippen molar-refractivity contribution in [1.29, 1.82) is 0 Å². The smallest absolute Gasteiger partial charge is 0.114 e. The largest absolute Gasteiger partial charge is 0.297 e. The van der Waals surface area contributed by atoms with Crippen LogP contribution in [0.1, 0.15) is 30.4 Å². The Morgan fingerprint density at radius 1 is 1.00 bits per heavy atom. The predicted molar refractivity (Wildman–Crippen MR) is 68.0 cm³/mol. The average Bonchev–Trinajstić information content (AvgIpc) is 2.66. The lowest BCUT2D eigenvalue weighted by atomic mass is 10.0. The Hall–Kier alpha value is -0.890. The first-order valence-corrected chi connectivity index (χ1v) is 6.78. The van der Waals surface area contributed by atoms with E-state index in [0.717, 1.165) is 25.8 Å². The van der Waals surface area contributed by atoms with Gasteiger partial charge in [-0.1, -0.05) is 24.3 Å². The Labute approximate surface area is 103 Å². The molecule has 92 valence electrons. The van der Waals surface area contributed by atoms with Crippen molar-refractivity contribution in [2.75, 3.05) is 13.1 Å². The molecule has 0 aromatic heterocycles. The average molecular weight is 233 g/mol. The van der Waals surface area contributed by atoms with Crippen LogP contribution in [0.4, 0.5) is 4.39 Å². The van der Waals surface area contributed by atoms with Gasteiger partial charge in [0, 0.05) is 19.1 Å². The maximum absolute atomic E-state index is 13.3. The molecule has 1 saturated heterocycles. The molecule has 1 fully saturated rings. The number of hydrogen-bond donors (Lipinski definition) is 0. The molecular weight excluding hydrogens is 213 g/mol. The molecule has 0 N–H and O–H groups in total. The molecule has 2 heteroatoms. The molecule has 3 rings (SSSR count). The molecule has 1 atom stereocenters. The first-order chi connectivity index (χ1) is 8.33. The van der Waals surface area contributed by atoms with Gasteiger partial charge >= 0.3 is 0 Å². The first-order valence-electron chi connectivity index (χ1n) is 6.78. The highest BCUT2D eigenvalue weighted by Crippen LogP contribution is 2.26. The van der Waals surface area contributed by atoms with E-state index in [2.05, 4.69) is 29.2 Å². The van der Waals surface area contributed by atoms with Gasteiger partial charge in [-0.3, -0.25) is 4.90 Å². The van der Waals surface area contributed by atoms with E-state index >= 15 is 0 Å². The SMILES string of the molecule is F[C@@H]1CCN(C2CCc3ccccc3CC2)C1. The van der Waals surface area contributed by atoms with Crippen LogP contribution in [0.25, 0.3) is 0 Å². The van der Waals surface area contributed by atoms with E-state index in [1.54, 1.807) is 0 Å². The molecule has 0 amide bonds. The summed E-state index contributed by atoms with van der Waals surface area (Å²) in [5.74, 6) is 0. The van der Waals surface area contributed by atoms with E-state index in [1.807, 2.05) is 0 Å². The Bertz CT molecular complexity index is 363. The molecule has 1 heterocycles. The number of fused-ring (bicyclic) bond motifs is 1. The highest BCUT2D eigenvalue weighted by atomic mass is 19.1. The van der Waals surface area contributed by atoms with Crippen LogP contribution < -0.4 is 0 Å². The Balaban J connectivity index is 1.69.